The van der Waals surface area contributed by atoms with Crippen molar-refractivity contribution >= 4 is 22.6 Å². The van der Waals surface area contributed by atoms with Gasteiger partial charge in [0.1, 0.15) is 0 Å². The number of benzene rings is 2. The highest BCUT2D eigenvalue weighted by atomic mass is 16.2. The van der Waals surface area contributed by atoms with Gasteiger partial charge in [-0.05, 0) is 24.3 Å². The van der Waals surface area contributed by atoms with Crippen molar-refractivity contribution in [3.8, 4) is 0 Å². The van der Waals surface area contributed by atoms with Gasteiger partial charge in [0, 0.05) is 42.6 Å². The number of ketones is 1. The maximum absolute atomic E-state index is 12.9. The minimum atomic E-state index is -0.873. The number of H-pyrrole nitrogens is 1. The van der Waals surface area contributed by atoms with Crippen LogP contribution in [-0.4, -0.2) is 58.8 Å². The minimum Gasteiger partial charge on any atom is -0.352 e. The molecule has 1 aliphatic heterocycles. The van der Waals surface area contributed by atoms with Gasteiger partial charge >= 0.3 is 6.17 Å². The van der Waals surface area contributed by atoms with Gasteiger partial charge < -0.3 is 9.88 Å². The van der Waals surface area contributed by atoms with Crippen LogP contribution in [-0.2, 0) is 0 Å². The third-order valence-electron chi connectivity index (χ3n) is 5.12. The van der Waals surface area contributed by atoms with Crippen molar-refractivity contribution in [1.29, 1.82) is 0 Å². The summed E-state index contributed by atoms with van der Waals surface area (Å²) in [5.74, 6) is -0.240. The first kappa shape index (κ1) is 18.0. The van der Waals surface area contributed by atoms with E-state index in [0.29, 0.717) is 37.4 Å². The Bertz CT molecular complexity index is 1010. The number of aromatic nitrogens is 1. The van der Waals surface area contributed by atoms with E-state index >= 15 is 0 Å². The second-order valence-corrected chi connectivity index (χ2v) is 6.83. The number of fused-ring (bicyclic) bond motifs is 1. The van der Waals surface area contributed by atoms with Gasteiger partial charge in [-0.25, -0.2) is 11.5 Å². The quantitative estimate of drug-likeness (QED) is 0.566. The van der Waals surface area contributed by atoms with Crippen molar-refractivity contribution in [2.75, 3.05) is 26.2 Å². The van der Waals surface area contributed by atoms with Crippen LogP contribution in [0.3, 0.4) is 0 Å². The third kappa shape index (κ3) is 3.40. The van der Waals surface area contributed by atoms with E-state index in [9.17, 15) is 9.59 Å². The van der Waals surface area contributed by atoms with E-state index in [-0.39, 0.29) is 11.7 Å². The Hall–Kier alpha value is -3.43. The smallest absolute Gasteiger partial charge is 0.344 e. The number of piperazine rings is 1. The Morgan fingerprint density at radius 3 is 2.32 bits per heavy atom. The van der Waals surface area contributed by atoms with Gasteiger partial charge in [0.25, 0.3) is 11.7 Å². The summed E-state index contributed by atoms with van der Waals surface area (Å²) in [4.78, 5) is 35.8. The van der Waals surface area contributed by atoms with Crippen LogP contribution in [0.5, 0.6) is 0 Å². The SMILES string of the molecule is [C-]#[N+]C(C(=O)c1cc2ccccc2[nH]1)N1CCN(C(=O)c2ccccc2)CC1. The van der Waals surface area contributed by atoms with Crippen molar-refractivity contribution in [3.05, 3.63) is 83.3 Å². The van der Waals surface area contributed by atoms with E-state index in [1.54, 1.807) is 23.1 Å². The molecule has 6 nitrogen and oxygen atoms in total. The Balaban J connectivity index is 1.44. The summed E-state index contributed by atoms with van der Waals surface area (Å²) in [7, 11) is 0. The lowest BCUT2D eigenvalue weighted by molar-refractivity contribution is 0.0573. The highest BCUT2D eigenvalue weighted by Gasteiger charge is 2.36. The van der Waals surface area contributed by atoms with Crippen LogP contribution in [0.15, 0.2) is 60.7 Å². The van der Waals surface area contributed by atoms with Gasteiger partial charge in [0.2, 0.25) is 0 Å². The second kappa shape index (κ2) is 7.67. The highest BCUT2D eigenvalue weighted by molar-refractivity contribution is 6.03. The molecule has 2 heterocycles. The Morgan fingerprint density at radius 1 is 0.964 bits per heavy atom. The highest BCUT2D eigenvalue weighted by Crippen LogP contribution is 2.19. The number of nitrogens with zero attached hydrogens (tertiary/aromatic N) is 3. The maximum Gasteiger partial charge on any atom is 0.344 e. The summed E-state index contributed by atoms with van der Waals surface area (Å²) in [6, 6.07) is 18.6. The van der Waals surface area contributed by atoms with Gasteiger partial charge in [0.05, 0.1) is 5.69 Å². The molecule has 1 aromatic heterocycles. The Kier molecular flexibility index (Phi) is 4.92. The van der Waals surface area contributed by atoms with E-state index in [4.69, 9.17) is 6.57 Å². The first-order valence-electron chi connectivity index (χ1n) is 9.24. The fraction of sp³-hybridized carbons (Fsp3) is 0.227. The number of nitrogens with one attached hydrogen (secondary N) is 1. The molecule has 1 unspecified atom stereocenters. The average molecular weight is 372 g/mol. The molecule has 1 amide bonds. The molecule has 0 bridgehead atoms. The molecule has 4 rings (SSSR count). The van der Waals surface area contributed by atoms with Crippen LogP contribution < -0.4 is 0 Å². The van der Waals surface area contributed by atoms with E-state index in [2.05, 4.69) is 9.83 Å². The predicted octanol–water partition coefficient (Wildman–Crippen LogP) is 3.05. The standard InChI is InChI=1S/C22H20N4O2/c1-23-21(20(27)19-15-17-9-5-6-10-18(17)24-19)25-11-13-26(14-12-25)22(28)16-7-3-2-4-8-16/h2-10,15,21,24H,11-14H2. The van der Waals surface area contributed by atoms with E-state index in [0.717, 1.165) is 10.9 Å². The van der Waals surface area contributed by atoms with Crippen molar-refractivity contribution < 1.29 is 9.59 Å². The number of hydrogen-bond donors (Lipinski definition) is 1. The topological polar surface area (TPSA) is 60.8 Å². The normalized spacial score (nSPS) is 15.9. The molecule has 140 valence electrons. The molecule has 6 heteroatoms. The molecule has 0 radical (unpaired) electrons. The summed E-state index contributed by atoms with van der Waals surface area (Å²) in [6.07, 6.45) is -0.873. The van der Waals surface area contributed by atoms with Crippen LogP contribution in [0.1, 0.15) is 20.8 Å². The summed E-state index contributed by atoms with van der Waals surface area (Å²) < 4.78 is 0. The zero-order valence-electron chi connectivity index (χ0n) is 15.3. The molecular weight excluding hydrogens is 352 g/mol. The first-order valence-corrected chi connectivity index (χ1v) is 9.24. The molecule has 1 saturated heterocycles. The molecule has 0 spiro atoms. The molecule has 1 fully saturated rings. The lowest BCUT2D eigenvalue weighted by Crippen LogP contribution is -2.53. The molecule has 1 N–H and O–H groups in total. The van der Waals surface area contributed by atoms with Gasteiger partial charge in [-0.1, -0.05) is 36.4 Å². The number of rotatable bonds is 4. The molecule has 0 aliphatic carbocycles. The molecule has 0 saturated carbocycles. The van der Waals surface area contributed by atoms with Crippen LogP contribution in [0.25, 0.3) is 15.7 Å². The molecule has 2 aromatic carbocycles. The fourth-order valence-corrected chi connectivity index (χ4v) is 3.58. The number of carbonyl (C=O) groups is 2. The van der Waals surface area contributed by atoms with Crippen LogP contribution in [0.2, 0.25) is 0 Å². The minimum absolute atomic E-state index is 0.0124. The average Bonchev–Trinajstić information content (AvgIpc) is 3.19. The number of amides is 1. The summed E-state index contributed by atoms with van der Waals surface area (Å²) >= 11 is 0. The molecule has 1 atom stereocenters. The van der Waals surface area contributed by atoms with Gasteiger partial charge in [-0.15, -0.1) is 0 Å². The number of aromatic amines is 1. The lowest BCUT2D eigenvalue weighted by atomic mass is 10.1. The molecule has 28 heavy (non-hydrogen) atoms. The third-order valence-corrected chi connectivity index (χ3v) is 5.12. The molecular formula is C22H20N4O2. The van der Waals surface area contributed by atoms with Crippen molar-refractivity contribution in [2.45, 2.75) is 6.17 Å². The van der Waals surface area contributed by atoms with Crippen molar-refractivity contribution in [1.82, 2.24) is 14.8 Å². The Morgan fingerprint density at radius 2 is 1.64 bits per heavy atom. The number of hydrogen-bond acceptors (Lipinski definition) is 3. The largest absolute Gasteiger partial charge is 0.352 e. The maximum atomic E-state index is 12.9. The molecule has 3 aromatic rings. The van der Waals surface area contributed by atoms with E-state index in [1.165, 1.54) is 0 Å². The summed E-state index contributed by atoms with van der Waals surface area (Å²) in [6.45, 7) is 9.54. The number of Topliss-reactive ketones (excluding diaryl/α,β-unsaturated/α-hetero) is 1. The van der Waals surface area contributed by atoms with Gasteiger partial charge in [-0.3, -0.25) is 14.4 Å². The fourth-order valence-electron chi connectivity index (χ4n) is 3.58. The summed E-state index contributed by atoms with van der Waals surface area (Å²) in [5.41, 5.74) is 1.99. The summed E-state index contributed by atoms with van der Waals surface area (Å²) in [5, 5.41) is 0.952. The van der Waals surface area contributed by atoms with Crippen LogP contribution in [0, 0.1) is 6.57 Å². The number of para-hydroxylation sites is 1. The Labute approximate surface area is 163 Å². The first-order chi connectivity index (χ1) is 13.7. The van der Waals surface area contributed by atoms with Crippen molar-refractivity contribution in [3.63, 3.8) is 0 Å². The van der Waals surface area contributed by atoms with Gasteiger partial charge in [0.15, 0.2) is 0 Å². The van der Waals surface area contributed by atoms with Crippen LogP contribution >= 0.6 is 0 Å². The van der Waals surface area contributed by atoms with Crippen LogP contribution in [0.4, 0.5) is 0 Å². The second-order valence-electron chi connectivity index (χ2n) is 6.83. The zero-order valence-corrected chi connectivity index (χ0v) is 15.3. The van der Waals surface area contributed by atoms with Crippen molar-refractivity contribution in [2.24, 2.45) is 0 Å². The van der Waals surface area contributed by atoms with E-state index in [1.807, 2.05) is 47.4 Å². The predicted molar refractivity (Wildman–Crippen MR) is 107 cm³/mol. The molecule has 1 aliphatic rings. The van der Waals surface area contributed by atoms with E-state index < -0.39 is 6.17 Å². The van der Waals surface area contributed by atoms with Gasteiger partial charge in [-0.2, -0.15) is 0 Å². The monoisotopic (exact) mass is 372 g/mol. The number of carbonyl (C=O) groups excluding carboxylic acids is 2. The lowest BCUT2D eigenvalue weighted by Gasteiger charge is -2.34. The zero-order chi connectivity index (χ0) is 19.5.